The van der Waals surface area contributed by atoms with E-state index >= 15 is 0 Å². The second-order valence-electron chi connectivity index (χ2n) is 2.77. The summed E-state index contributed by atoms with van der Waals surface area (Å²) in [6.07, 6.45) is 5.29. The Morgan fingerprint density at radius 2 is 2.55 bits per heavy atom. The van der Waals surface area contributed by atoms with Crippen LogP contribution in [0.15, 0.2) is 17.3 Å². The Balaban J connectivity index is 2.27. The van der Waals surface area contributed by atoms with E-state index in [-0.39, 0.29) is 5.92 Å². The molecule has 2 heterocycles. The lowest BCUT2D eigenvalue weighted by molar-refractivity contribution is 0.416. The standard InChI is InChI=1S/C8H10N2O/c9-7-3-4-10-8-6(7)2-1-5-11-8/h1,5-6,9H,2-4H2. The maximum absolute atomic E-state index is 7.62. The van der Waals surface area contributed by atoms with Crippen LogP contribution in [0, 0.1) is 11.3 Å². The summed E-state index contributed by atoms with van der Waals surface area (Å²) in [6.45, 7) is 0.721. The molecular formula is C8H10N2O. The SMILES string of the molecule is N=C1CCN=C2OC=CCC12. The zero-order valence-electron chi connectivity index (χ0n) is 6.21. The van der Waals surface area contributed by atoms with E-state index in [1.54, 1.807) is 6.26 Å². The van der Waals surface area contributed by atoms with Crippen molar-refractivity contribution in [2.24, 2.45) is 10.9 Å². The quantitative estimate of drug-likeness (QED) is 0.556. The van der Waals surface area contributed by atoms with Gasteiger partial charge < -0.3 is 10.1 Å². The molecule has 0 aromatic carbocycles. The van der Waals surface area contributed by atoms with Gasteiger partial charge in [0.25, 0.3) is 0 Å². The summed E-state index contributed by atoms with van der Waals surface area (Å²) in [5.41, 5.74) is 0.763. The fourth-order valence-electron chi connectivity index (χ4n) is 1.39. The maximum Gasteiger partial charge on any atom is 0.198 e. The first-order valence-corrected chi connectivity index (χ1v) is 3.81. The Labute approximate surface area is 65.3 Å². The smallest absolute Gasteiger partial charge is 0.198 e. The molecule has 1 N–H and O–H groups in total. The number of nitrogens with zero attached hydrogens (tertiary/aromatic N) is 1. The molecule has 2 aliphatic heterocycles. The predicted molar refractivity (Wildman–Crippen MR) is 43.0 cm³/mol. The molecular weight excluding hydrogens is 140 g/mol. The van der Waals surface area contributed by atoms with Crippen molar-refractivity contribution in [1.82, 2.24) is 0 Å². The van der Waals surface area contributed by atoms with Crippen molar-refractivity contribution in [3.63, 3.8) is 0 Å². The Kier molecular flexibility index (Phi) is 1.49. The van der Waals surface area contributed by atoms with Crippen molar-refractivity contribution in [3.8, 4) is 0 Å². The molecule has 0 radical (unpaired) electrons. The lowest BCUT2D eigenvalue weighted by Crippen LogP contribution is -2.30. The molecule has 0 aromatic heterocycles. The van der Waals surface area contributed by atoms with Gasteiger partial charge in [0.1, 0.15) is 0 Å². The third-order valence-electron chi connectivity index (χ3n) is 2.02. The summed E-state index contributed by atoms with van der Waals surface area (Å²) in [5, 5.41) is 7.62. The molecule has 0 aromatic rings. The molecule has 0 saturated carbocycles. The van der Waals surface area contributed by atoms with Crippen LogP contribution in [0.5, 0.6) is 0 Å². The van der Waals surface area contributed by atoms with Crippen LogP contribution in [-0.2, 0) is 4.74 Å². The average molecular weight is 150 g/mol. The maximum atomic E-state index is 7.62. The lowest BCUT2D eigenvalue weighted by Gasteiger charge is -2.24. The number of aliphatic imine (C=N–C) groups is 1. The van der Waals surface area contributed by atoms with Gasteiger partial charge in [0.05, 0.1) is 12.2 Å². The highest BCUT2D eigenvalue weighted by Crippen LogP contribution is 2.20. The molecule has 3 nitrogen and oxygen atoms in total. The van der Waals surface area contributed by atoms with Gasteiger partial charge in [0.2, 0.25) is 0 Å². The van der Waals surface area contributed by atoms with E-state index in [1.165, 1.54) is 0 Å². The first-order valence-electron chi connectivity index (χ1n) is 3.81. The molecule has 2 aliphatic rings. The Morgan fingerprint density at radius 1 is 1.64 bits per heavy atom. The van der Waals surface area contributed by atoms with Gasteiger partial charge in [-0.15, -0.1) is 0 Å². The monoisotopic (exact) mass is 150 g/mol. The molecule has 0 spiro atoms. The Morgan fingerprint density at radius 3 is 3.36 bits per heavy atom. The summed E-state index contributed by atoms with van der Waals surface area (Å²) in [4.78, 5) is 4.20. The molecule has 11 heavy (non-hydrogen) atoms. The van der Waals surface area contributed by atoms with Gasteiger partial charge in [-0.05, 0) is 12.5 Å². The first kappa shape index (κ1) is 6.58. The fourth-order valence-corrected chi connectivity index (χ4v) is 1.39. The van der Waals surface area contributed by atoms with Crippen molar-refractivity contribution in [2.45, 2.75) is 12.8 Å². The minimum absolute atomic E-state index is 0.147. The zero-order valence-corrected chi connectivity index (χ0v) is 6.21. The summed E-state index contributed by atoms with van der Waals surface area (Å²) in [5.74, 6) is 0.887. The second kappa shape index (κ2) is 2.49. The van der Waals surface area contributed by atoms with Gasteiger partial charge in [-0.25, -0.2) is 0 Å². The largest absolute Gasteiger partial charge is 0.451 e. The molecule has 0 bridgehead atoms. The van der Waals surface area contributed by atoms with Crippen LogP contribution in [0.4, 0.5) is 0 Å². The number of hydrogen-bond donors (Lipinski definition) is 1. The van der Waals surface area contributed by atoms with E-state index in [2.05, 4.69) is 4.99 Å². The number of allylic oxidation sites excluding steroid dienone is 1. The summed E-state index contributed by atoms with van der Waals surface area (Å²) in [7, 11) is 0. The van der Waals surface area contributed by atoms with Crippen molar-refractivity contribution in [2.75, 3.05) is 6.54 Å². The lowest BCUT2D eigenvalue weighted by atomic mass is 9.93. The van der Waals surface area contributed by atoms with E-state index < -0.39 is 0 Å². The average Bonchev–Trinajstić information content (AvgIpc) is 2.06. The minimum atomic E-state index is 0.147. The van der Waals surface area contributed by atoms with Crippen LogP contribution < -0.4 is 0 Å². The van der Waals surface area contributed by atoms with Gasteiger partial charge in [-0.2, -0.15) is 0 Å². The zero-order chi connectivity index (χ0) is 7.68. The molecule has 1 unspecified atom stereocenters. The fraction of sp³-hybridized carbons (Fsp3) is 0.500. The van der Waals surface area contributed by atoms with Crippen molar-refractivity contribution < 1.29 is 4.74 Å². The van der Waals surface area contributed by atoms with Crippen LogP contribution in [0.25, 0.3) is 0 Å². The van der Waals surface area contributed by atoms with Gasteiger partial charge in [-0.3, -0.25) is 4.99 Å². The minimum Gasteiger partial charge on any atom is -0.451 e. The highest BCUT2D eigenvalue weighted by atomic mass is 16.5. The molecule has 0 fully saturated rings. The van der Waals surface area contributed by atoms with Crippen LogP contribution in [-0.4, -0.2) is 18.2 Å². The van der Waals surface area contributed by atoms with E-state index in [0.29, 0.717) is 0 Å². The van der Waals surface area contributed by atoms with Crippen molar-refractivity contribution >= 4 is 11.6 Å². The molecule has 0 saturated heterocycles. The molecule has 3 heteroatoms. The normalized spacial score (nSPS) is 28.9. The van der Waals surface area contributed by atoms with Gasteiger partial charge >= 0.3 is 0 Å². The summed E-state index contributed by atoms with van der Waals surface area (Å²) >= 11 is 0. The molecule has 0 aliphatic carbocycles. The summed E-state index contributed by atoms with van der Waals surface area (Å²) < 4.78 is 5.18. The molecule has 0 amide bonds. The number of nitrogens with one attached hydrogen (secondary N) is 1. The number of fused-ring (bicyclic) bond motifs is 1. The second-order valence-corrected chi connectivity index (χ2v) is 2.77. The number of rotatable bonds is 0. The Bertz CT molecular complexity index is 242. The van der Waals surface area contributed by atoms with Gasteiger partial charge in [0, 0.05) is 18.7 Å². The van der Waals surface area contributed by atoms with Crippen molar-refractivity contribution in [1.29, 1.82) is 5.41 Å². The van der Waals surface area contributed by atoms with Crippen LogP contribution >= 0.6 is 0 Å². The van der Waals surface area contributed by atoms with Gasteiger partial charge in [-0.1, -0.05) is 0 Å². The van der Waals surface area contributed by atoms with E-state index in [1.807, 2.05) is 6.08 Å². The van der Waals surface area contributed by atoms with Crippen LogP contribution in [0.3, 0.4) is 0 Å². The highest BCUT2D eigenvalue weighted by molar-refractivity contribution is 6.05. The highest BCUT2D eigenvalue weighted by Gasteiger charge is 2.26. The third-order valence-corrected chi connectivity index (χ3v) is 2.02. The van der Waals surface area contributed by atoms with Crippen LogP contribution in [0.2, 0.25) is 0 Å². The summed E-state index contributed by atoms with van der Waals surface area (Å²) in [6, 6.07) is 0. The molecule has 1 atom stereocenters. The van der Waals surface area contributed by atoms with Crippen molar-refractivity contribution in [3.05, 3.63) is 12.3 Å². The number of hydrogen-bond acceptors (Lipinski definition) is 3. The molecule has 2 rings (SSSR count). The van der Waals surface area contributed by atoms with E-state index in [4.69, 9.17) is 10.1 Å². The first-order chi connectivity index (χ1) is 5.38. The third kappa shape index (κ3) is 1.06. The Hall–Kier alpha value is -1.12. The van der Waals surface area contributed by atoms with Gasteiger partial charge in [0.15, 0.2) is 5.90 Å². The van der Waals surface area contributed by atoms with Crippen LogP contribution in [0.1, 0.15) is 12.8 Å². The predicted octanol–water partition coefficient (Wildman–Crippen LogP) is 1.36. The van der Waals surface area contributed by atoms with E-state index in [0.717, 1.165) is 31.0 Å². The number of ether oxygens (including phenoxy) is 1. The molecule has 58 valence electrons. The topological polar surface area (TPSA) is 45.4 Å². The van der Waals surface area contributed by atoms with E-state index in [9.17, 15) is 0 Å².